The molecule has 4 heteroatoms. The van der Waals surface area contributed by atoms with E-state index >= 15 is 0 Å². The van der Waals surface area contributed by atoms with Gasteiger partial charge in [0.1, 0.15) is 16.5 Å². The highest BCUT2D eigenvalue weighted by atomic mass is 16.4. The quantitative estimate of drug-likeness (QED) is 0.432. The fourth-order valence-electron chi connectivity index (χ4n) is 2.96. The SMILES string of the molecule is Cn1c(-c2ccccc2)cc2c(c(=O)oc3ccccc32)c1=N. The molecule has 0 atom stereocenters. The Kier molecular flexibility index (Phi) is 2.91. The zero-order valence-corrected chi connectivity index (χ0v) is 12.5. The van der Waals surface area contributed by atoms with E-state index in [0.29, 0.717) is 11.0 Å². The van der Waals surface area contributed by atoms with Crippen molar-refractivity contribution in [2.75, 3.05) is 0 Å². The third-order valence-corrected chi connectivity index (χ3v) is 4.14. The maximum Gasteiger partial charge on any atom is 0.347 e. The summed E-state index contributed by atoms with van der Waals surface area (Å²) < 4.78 is 7.08. The van der Waals surface area contributed by atoms with Gasteiger partial charge < -0.3 is 8.98 Å². The summed E-state index contributed by atoms with van der Waals surface area (Å²) in [6, 6.07) is 19.2. The third-order valence-electron chi connectivity index (χ3n) is 4.14. The number of para-hydroxylation sites is 1. The fraction of sp³-hybridized carbons (Fsp3) is 0.0526. The van der Waals surface area contributed by atoms with Crippen LogP contribution in [0.1, 0.15) is 0 Å². The molecule has 0 bridgehead atoms. The van der Waals surface area contributed by atoms with Crippen LogP contribution in [0.2, 0.25) is 0 Å². The van der Waals surface area contributed by atoms with Crippen LogP contribution in [0.5, 0.6) is 0 Å². The van der Waals surface area contributed by atoms with Crippen LogP contribution in [0.15, 0.2) is 69.9 Å². The average molecular weight is 302 g/mol. The first-order valence-electron chi connectivity index (χ1n) is 7.32. The first-order valence-corrected chi connectivity index (χ1v) is 7.32. The first kappa shape index (κ1) is 13.5. The Morgan fingerprint density at radius 2 is 1.65 bits per heavy atom. The maximum atomic E-state index is 12.3. The molecule has 2 aromatic carbocycles. The Balaban J connectivity index is 2.24. The molecule has 4 rings (SSSR count). The van der Waals surface area contributed by atoms with Crippen LogP contribution in [-0.2, 0) is 7.05 Å². The molecule has 0 spiro atoms. The van der Waals surface area contributed by atoms with Crippen LogP contribution in [0.25, 0.3) is 33.0 Å². The van der Waals surface area contributed by atoms with Crippen LogP contribution in [-0.4, -0.2) is 4.57 Å². The second-order valence-electron chi connectivity index (χ2n) is 5.48. The summed E-state index contributed by atoms with van der Waals surface area (Å²) in [5.74, 6) is 0. The predicted octanol–water partition coefficient (Wildman–Crippen LogP) is 3.43. The van der Waals surface area contributed by atoms with Crippen molar-refractivity contribution in [1.29, 1.82) is 5.41 Å². The van der Waals surface area contributed by atoms with Crippen molar-refractivity contribution in [3.05, 3.63) is 76.6 Å². The van der Waals surface area contributed by atoms with Crippen molar-refractivity contribution in [3.8, 4) is 11.3 Å². The van der Waals surface area contributed by atoms with Crippen molar-refractivity contribution >= 4 is 21.7 Å². The second-order valence-corrected chi connectivity index (χ2v) is 5.48. The van der Waals surface area contributed by atoms with Crippen molar-refractivity contribution in [2.45, 2.75) is 0 Å². The molecule has 2 heterocycles. The topological polar surface area (TPSA) is 59.0 Å². The standard InChI is InChI=1S/C19H14N2O2/c1-21-15(12-7-3-2-4-8-12)11-14-13-9-5-6-10-16(13)23-19(22)17(14)18(21)20/h2-11,20H,1H3. The molecule has 112 valence electrons. The molecule has 0 aliphatic rings. The molecule has 2 aromatic heterocycles. The van der Waals surface area contributed by atoms with E-state index in [1.54, 1.807) is 17.7 Å². The number of benzene rings is 2. The van der Waals surface area contributed by atoms with E-state index in [9.17, 15) is 4.79 Å². The normalized spacial score (nSPS) is 11.2. The number of fused-ring (bicyclic) bond motifs is 3. The fourth-order valence-corrected chi connectivity index (χ4v) is 2.96. The summed E-state index contributed by atoms with van der Waals surface area (Å²) >= 11 is 0. The summed E-state index contributed by atoms with van der Waals surface area (Å²) in [6.07, 6.45) is 0. The van der Waals surface area contributed by atoms with Crippen LogP contribution in [0.3, 0.4) is 0 Å². The van der Waals surface area contributed by atoms with Crippen LogP contribution < -0.4 is 11.1 Å². The van der Waals surface area contributed by atoms with Crippen LogP contribution >= 0.6 is 0 Å². The van der Waals surface area contributed by atoms with Gasteiger partial charge in [0.25, 0.3) is 0 Å². The lowest BCUT2D eigenvalue weighted by Gasteiger charge is -2.12. The van der Waals surface area contributed by atoms with Crippen molar-refractivity contribution in [3.63, 3.8) is 0 Å². The number of nitrogens with zero attached hydrogens (tertiary/aromatic N) is 1. The summed E-state index contributed by atoms with van der Waals surface area (Å²) in [5, 5.41) is 10.3. The number of aromatic nitrogens is 1. The van der Waals surface area contributed by atoms with Gasteiger partial charge in [-0.2, -0.15) is 0 Å². The molecule has 23 heavy (non-hydrogen) atoms. The van der Waals surface area contributed by atoms with Gasteiger partial charge in [0, 0.05) is 23.5 Å². The van der Waals surface area contributed by atoms with Gasteiger partial charge in [-0.3, -0.25) is 5.41 Å². The second kappa shape index (κ2) is 4.95. The zero-order valence-electron chi connectivity index (χ0n) is 12.5. The summed E-state index contributed by atoms with van der Waals surface area (Å²) in [5.41, 5.74) is 2.11. The van der Waals surface area contributed by atoms with E-state index in [1.807, 2.05) is 54.6 Å². The monoisotopic (exact) mass is 302 g/mol. The minimum atomic E-state index is -0.473. The Bertz CT molecular complexity index is 1160. The third kappa shape index (κ3) is 1.99. The minimum absolute atomic E-state index is 0.154. The lowest BCUT2D eigenvalue weighted by Crippen LogP contribution is -2.23. The van der Waals surface area contributed by atoms with E-state index in [1.165, 1.54) is 0 Å². The molecule has 0 amide bonds. The minimum Gasteiger partial charge on any atom is -0.422 e. The molecule has 4 nitrogen and oxygen atoms in total. The summed E-state index contributed by atoms with van der Waals surface area (Å²) in [7, 11) is 1.79. The average Bonchev–Trinajstić information content (AvgIpc) is 2.58. The van der Waals surface area contributed by atoms with Gasteiger partial charge in [0.15, 0.2) is 0 Å². The molecule has 0 saturated heterocycles. The molecular weight excluding hydrogens is 288 g/mol. The number of hydrogen-bond donors (Lipinski definition) is 1. The largest absolute Gasteiger partial charge is 0.422 e. The molecule has 0 unspecified atom stereocenters. The van der Waals surface area contributed by atoms with E-state index in [4.69, 9.17) is 9.83 Å². The molecule has 0 saturated carbocycles. The molecule has 0 aliphatic carbocycles. The first-order chi connectivity index (χ1) is 11.2. The highest BCUT2D eigenvalue weighted by Gasteiger charge is 2.13. The Morgan fingerprint density at radius 3 is 2.43 bits per heavy atom. The number of pyridine rings is 1. The smallest absolute Gasteiger partial charge is 0.347 e. The molecule has 4 aromatic rings. The Hall–Kier alpha value is -3.14. The lowest BCUT2D eigenvalue weighted by atomic mass is 10.0. The van der Waals surface area contributed by atoms with Crippen molar-refractivity contribution < 1.29 is 4.42 Å². The molecule has 0 aliphatic heterocycles. The zero-order chi connectivity index (χ0) is 16.0. The van der Waals surface area contributed by atoms with Crippen molar-refractivity contribution in [2.24, 2.45) is 7.05 Å². The highest BCUT2D eigenvalue weighted by Crippen LogP contribution is 2.25. The van der Waals surface area contributed by atoms with E-state index in [0.717, 1.165) is 22.0 Å². The van der Waals surface area contributed by atoms with Crippen molar-refractivity contribution in [1.82, 2.24) is 4.57 Å². The highest BCUT2D eigenvalue weighted by molar-refractivity contribution is 6.04. The van der Waals surface area contributed by atoms with Gasteiger partial charge in [0.05, 0.1) is 0 Å². The summed E-state index contributed by atoms with van der Waals surface area (Å²) in [4.78, 5) is 12.3. The predicted molar refractivity (Wildman–Crippen MR) is 90.3 cm³/mol. The molecule has 1 N–H and O–H groups in total. The van der Waals surface area contributed by atoms with Gasteiger partial charge >= 0.3 is 5.63 Å². The number of hydrogen-bond acceptors (Lipinski definition) is 3. The van der Waals surface area contributed by atoms with Gasteiger partial charge in [-0.05, 0) is 17.7 Å². The van der Waals surface area contributed by atoms with Crippen LogP contribution in [0.4, 0.5) is 0 Å². The maximum absolute atomic E-state index is 12.3. The molecule has 0 radical (unpaired) electrons. The van der Waals surface area contributed by atoms with Gasteiger partial charge in [-0.1, -0.05) is 48.5 Å². The van der Waals surface area contributed by atoms with Gasteiger partial charge in [-0.25, -0.2) is 4.79 Å². The Morgan fingerprint density at radius 1 is 0.957 bits per heavy atom. The van der Waals surface area contributed by atoms with Gasteiger partial charge in [-0.15, -0.1) is 0 Å². The number of nitrogens with one attached hydrogen (secondary N) is 1. The molecule has 0 fully saturated rings. The van der Waals surface area contributed by atoms with E-state index in [2.05, 4.69) is 0 Å². The lowest BCUT2D eigenvalue weighted by molar-refractivity contribution is 0.567. The van der Waals surface area contributed by atoms with E-state index < -0.39 is 5.63 Å². The molecular formula is C19H14N2O2. The Labute approximate surface area is 131 Å². The van der Waals surface area contributed by atoms with Crippen LogP contribution in [0, 0.1) is 5.41 Å². The number of rotatable bonds is 1. The van der Waals surface area contributed by atoms with E-state index in [-0.39, 0.29) is 5.49 Å². The summed E-state index contributed by atoms with van der Waals surface area (Å²) in [6.45, 7) is 0. The van der Waals surface area contributed by atoms with Gasteiger partial charge in [0.2, 0.25) is 0 Å².